The van der Waals surface area contributed by atoms with E-state index in [0.717, 1.165) is 25.9 Å². The Labute approximate surface area is 135 Å². The lowest BCUT2D eigenvalue weighted by Crippen LogP contribution is -2.30. The first-order valence-electron chi connectivity index (χ1n) is 8.03. The molecule has 2 atom stereocenters. The summed E-state index contributed by atoms with van der Waals surface area (Å²) in [6.45, 7) is 6.41. The molecule has 1 aliphatic rings. The van der Waals surface area contributed by atoms with Crippen LogP contribution >= 0.6 is 11.3 Å². The molecule has 120 valence electrons. The molecule has 3 heterocycles. The molecule has 1 aliphatic heterocycles. The molecule has 0 saturated carbocycles. The minimum Gasteiger partial charge on any atom is -0.467 e. The third kappa shape index (κ3) is 3.59. The van der Waals surface area contributed by atoms with Gasteiger partial charge in [0.25, 0.3) is 0 Å². The first kappa shape index (κ1) is 15.7. The molecule has 0 aliphatic carbocycles. The molecule has 0 radical (unpaired) electrons. The van der Waals surface area contributed by atoms with E-state index >= 15 is 0 Å². The summed E-state index contributed by atoms with van der Waals surface area (Å²) in [7, 11) is 0. The second-order valence-electron chi connectivity index (χ2n) is 6.35. The monoisotopic (exact) mass is 320 g/mol. The molecule has 0 bridgehead atoms. The van der Waals surface area contributed by atoms with Crippen LogP contribution in [0.1, 0.15) is 60.8 Å². The van der Waals surface area contributed by atoms with E-state index in [1.165, 1.54) is 16.3 Å². The molecule has 2 unspecified atom stereocenters. The van der Waals surface area contributed by atoms with Gasteiger partial charge in [-0.05, 0) is 37.9 Å². The van der Waals surface area contributed by atoms with Crippen LogP contribution in [0.4, 0.5) is 0 Å². The number of aromatic nitrogens is 1. The Hall–Kier alpha value is -1.17. The summed E-state index contributed by atoms with van der Waals surface area (Å²) >= 11 is 1.81. The van der Waals surface area contributed by atoms with Gasteiger partial charge in [-0.2, -0.15) is 0 Å². The number of furan rings is 1. The largest absolute Gasteiger partial charge is 0.467 e. The second-order valence-corrected chi connectivity index (χ2v) is 7.50. The third-order valence-corrected chi connectivity index (χ3v) is 5.57. The summed E-state index contributed by atoms with van der Waals surface area (Å²) in [5.41, 5.74) is 0. The predicted molar refractivity (Wildman–Crippen MR) is 87.9 cm³/mol. The van der Waals surface area contributed by atoms with Crippen LogP contribution in [-0.2, 0) is 6.54 Å². The average molecular weight is 320 g/mol. The minimum atomic E-state index is -0.506. The van der Waals surface area contributed by atoms with E-state index < -0.39 is 6.10 Å². The Morgan fingerprint density at radius 2 is 2.36 bits per heavy atom. The lowest BCUT2D eigenvalue weighted by Gasteiger charge is -2.25. The zero-order valence-electron chi connectivity index (χ0n) is 13.2. The number of hydrogen-bond donors (Lipinski definition) is 1. The van der Waals surface area contributed by atoms with Crippen molar-refractivity contribution >= 4 is 11.3 Å². The van der Waals surface area contributed by atoms with E-state index in [1.54, 1.807) is 6.26 Å². The SMILES string of the molecule is CC(C)c1ncc(CN2CCCC2CC(O)c2ccco2)s1. The topological polar surface area (TPSA) is 49.5 Å². The standard InChI is InChI=1S/C17H24N2O2S/c1-12(2)17-18-10-14(22-17)11-19-7-3-5-13(19)9-15(20)16-6-4-8-21-16/h4,6,8,10,12-13,15,20H,3,5,7,9,11H2,1-2H3. The summed E-state index contributed by atoms with van der Waals surface area (Å²) in [6.07, 6.45) is 6.21. The highest BCUT2D eigenvalue weighted by atomic mass is 32.1. The fourth-order valence-corrected chi connectivity index (χ4v) is 4.03. The summed E-state index contributed by atoms with van der Waals surface area (Å²) in [5.74, 6) is 1.17. The molecule has 2 aromatic rings. The Kier molecular flexibility index (Phi) is 4.96. The fourth-order valence-electron chi connectivity index (χ4n) is 3.09. The predicted octanol–water partition coefficient (Wildman–Crippen LogP) is 3.95. The van der Waals surface area contributed by atoms with Gasteiger partial charge in [0.1, 0.15) is 11.9 Å². The van der Waals surface area contributed by atoms with Gasteiger partial charge in [-0.25, -0.2) is 4.98 Å². The van der Waals surface area contributed by atoms with Crippen molar-refractivity contribution in [3.8, 4) is 0 Å². The number of likely N-dealkylation sites (tertiary alicyclic amines) is 1. The Bertz CT molecular complexity index is 579. The molecule has 4 nitrogen and oxygen atoms in total. The van der Waals surface area contributed by atoms with Crippen LogP contribution in [0, 0.1) is 0 Å². The van der Waals surface area contributed by atoms with Gasteiger partial charge < -0.3 is 9.52 Å². The van der Waals surface area contributed by atoms with Crippen molar-refractivity contribution in [1.29, 1.82) is 0 Å². The zero-order valence-corrected chi connectivity index (χ0v) is 14.1. The van der Waals surface area contributed by atoms with Crippen molar-refractivity contribution in [2.45, 2.75) is 57.7 Å². The average Bonchev–Trinajstić information content (AvgIpc) is 3.20. The van der Waals surface area contributed by atoms with E-state index in [-0.39, 0.29) is 0 Å². The number of nitrogens with zero attached hydrogens (tertiary/aromatic N) is 2. The number of hydrogen-bond acceptors (Lipinski definition) is 5. The first-order valence-corrected chi connectivity index (χ1v) is 8.85. The molecule has 0 amide bonds. The molecule has 1 N–H and O–H groups in total. The molecule has 2 aromatic heterocycles. The van der Waals surface area contributed by atoms with Crippen LogP contribution < -0.4 is 0 Å². The van der Waals surface area contributed by atoms with Crippen molar-refractivity contribution in [2.24, 2.45) is 0 Å². The van der Waals surface area contributed by atoms with Crippen LogP contribution in [0.3, 0.4) is 0 Å². The van der Waals surface area contributed by atoms with Crippen molar-refractivity contribution in [2.75, 3.05) is 6.54 Å². The van der Waals surface area contributed by atoms with E-state index in [1.807, 2.05) is 29.7 Å². The van der Waals surface area contributed by atoms with Crippen molar-refractivity contribution < 1.29 is 9.52 Å². The van der Waals surface area contributed by atoms with Gasteiger partial charge in [0.15, 0.2) is 0 Å². The van der Waals surface area contributed by atoms with Gasteiger partial charge in [-0.15, -0.1) is 11.3 Å². The lowest BCUT2D eigenvalue weighted by molar-refractivity contribution is 0.0998. The molecule has 5 heteroatoms. The maximum atomic E-state index is 10.3. The number of aliphatic hydroxyl groups excluding tert-OH is 1. The van der Waals surface area contributed by atoms with Gasteiger partial charge in [0.2, 0.25) is 0 Å². The second kappa shape index (κ2) is 6.94. The minimum absolute atomic E-state index is 0.421. The Morgan fingerprint density at radius 1 is 1.50 bits per heavy atom. The van der Waals surface area contributed by atoms with E-state index in [4.69, 9.17) is 4.42 Å². The highest BCUT2D eigenvalue weighted by molar-refractivity contribution is 7.11. The van der Waals surface area contributed by atoms with Crippen molar-refractivity contribution in [1.82, 2.24) is 9.88 Å². The molecule has 22 heavy (non-hydrogen) atoms. The molecule has 0 spiro atoms. The van der Waals surface area contributed by atoms with E-state index in [9.17, 15) is 5.11 Å². The highest BCUT2D eigenvalue weighted by Gasteiger charge is 2.28. The van der Waals surface area contributed by atoms with Crippen molar-refractivity contribution in [3.05, 3.63) is 40.2 Å². The normalized spacial score (nSPS) is 20.8. The number of rotatable bonds is 6. The highest BCUT2D eigenvalue weighted by Crippen LogP contribution is 2.30. The summed E-state index contributed by atoms with van der Waals surface area (Å²) in [6, 6.07) is 4.10. The zero-order chi connectivity index (χ0) is 15.5. The van der Waals surface area contributed by atoms with Crippen LogP contribution in [0.2, 0.25) is 0 Å². The van der Waals surface area contributed by atoms with Gasteiger partial charge in [-0.1, -0.05) is 13.8 Å². The maximum Gasteiger partial charge on any atom is 0.132 e. The molecular weight excluding hydrogens is 296 g/mol. The Balaban J connectivity index is 1.60. The smallest absolute Gasteiger partial charge is 0.132 e. The number of thiazole rings is 1. The Morgan fingerprint density at radius 3 is 3.05 bits per heavy atom. The maximum absolute atomic E-state index is 10.3. The van der Waals surface area contributed by atoms with E-state index in [0.29, 0.717) is 17.7 Å². The molecular formula is C17H24N2O2S. The van der Waals surface area contributed by atoms with Crippen LogP contribution in [0.25, 0.3) is 0 Å². The van der Waals surface area contributed by atoms with Gasteiger partial charge in [0.05, 0.1) is 11.3 Å². The van der Waals surface area contributed by atoms with Crippen molar-refractivity contribution in [3.63, 3.8) is 0 Å². The molecule has 1 saturated heterocycles. The number of aliphatic hydroxyl groups is 1. The van der Waals surface area contributed by atoms with Crippen LogP contribution in [0.5, 0.6) is 0 Å². The van der Waals surface area contributed by atoms with Crippen LogP contribution in [0.15, 0.2) is 29.0 Å². The lowest BCUT2D eigenvalue weighted by atomic mass is 10.1. The summed E-state index contributed by atoms with van der Waals surface area (Å²) in [4.78, 5) is 8.31. The van der Waals surface area contributed by atoms with Gasteiger partial charge >= 0.3 is 0 Å². The van der Waals surface area contributed by atoms with Gasteiger partial charge in [0, 0.05) is 29.6 Å². The third-order valence-electron chi connectivity index (χ3n) is 4.29. The fraction of sp³-hybridized carbons (Fsp3) is 0.588. The first-order chi connectivity index (χ1) is 10.6. The molecule has 0 aromatic carbocycles. The molecule has 1 fully saturated rings. The molecule has 3 rings (SSSR count). The van der Waals surface area contributed by atoms with Gasteiger partial charge in [-0.3, -0.25) is 4.90 Å². The quantitative estimate of drug-likeness (QED) is 0.875. The van der Waals surface area contributed by atoms with E-state index in [2.05, 4.69) is 23.7 Å². The summed E-state index contributed by atoms with van der Waals surface area (Å²) in [5, 5.41) is 11.5. The van der Waals surface area contributed by atoms with Crippen LogP contribution in [-0.4, -0.2) is 27.6 Å². The summed E-state index contributed by atoms with van der Waals surface area (Å²) < 4.78 is 5.31.